The molecule has 0 saturated carbocycles. The van der Waals surface area contributed by atoms with Gasteiger partial charge in [-0.05, 0) is 37.7 Å². The van der Waals surface area contributed by atoms with Gasteiger partial charge in [-0.1, -0.05) is 35.4 Å². The fraction of sp³-hybridized carbons (Fsp3) is 0.200. The van der Waals surface area contributed by atoms with E-state index >= 15 is 0 Å². The Morgan fingerprint density at radius 2 is 1.74 bits per heavy atom. The highest BCUT2D eigenvalue weighted by atomic mass is 35.5. The van der Waals surface area contributed by atoms with Gasteiger partial charge in [-0.25, -0.2) is 8.78 Å². The molecule has 19 heavy (non-hydrogen) atoms. The largest absolute Gasteiger partial charge is 0.309 e. The number of rotatable bonds is 3. The van der Waals surface area contributed by atoms with Crippen molar-refractivity contribution in [1.29, 1.82) is 0 Å². The quantitative estimate of drug-likeness (QED) is 0.887. The highest BCUT2D eigenvalue weighted by molar-refractivity contribution is 6.30. The summed E-state index contributed by atoms with van der Waals surface area (Å²) in [6.45, 7) is 1.90. The fourth-order valence-corrected chi connectivity index (χ4v) is 2.27. The molecule has 0 radical (unpaired) electrons. The fourth-order valence-electron chi connectivity index (χ4n) is 2.08. The Morgan fingerprint density at radius 3 is 2.37 bits per heavy atom. The van der Waals surface area contributed by atoms with Crippen LogP contribution < -0.4 is 5.32 Å². The van der Waals surface area contributed by atoms with Gasteiger partial charge in [0.2, 0.25) is 0 Å². The second kappa shape index (κ2) is 5.68. The standard InChI is InChI=1S/C15H14ClF2N/c1-9-3-5-13(17)11(7-9)15(19-2)10-4-6-14(18)12(16)8-10/h3-8,15,19H,1-2H3. The van der Waals surface area contributed by atoms with E-state index in [9.17, 15) is 8.78 Å². The first-order chi connectivity index (χ1) is 9.02. The summed E-state index contributed by atoms with van der Waals surface area (Å²) in [5.74, 6) is -0.782. The molecule has 0 bridgehead atoms. The van der Waals surface area contributed by atoms with Gasteiger partial charge in [-0.15, -0.1) is 0 Å². The summed E-state index contributed by atoms with van der Waals surface area (Å²) in [4.78, 5) is 0. The molecule has 4 heteroatoms. The molecule has 1 atom stereocenters. The summed E-state index contributed by atoms with van der Waals surface area (Å²) in [6.07, 6.45) is 0. The molecule has 0 aliphatic heterocycles. The molecule has 0 aliphatic rings. The van der Waals surface area contributed by atoms with Crippen LogP contribution in [0, 0.1) is 18.6 Å². The zero-order chi connectivity index (χ0) is 14.0. The smallest absolute Gasteiger partial charge is 0.141 e. The lowest BCUT2D eigenvalue weighted by atomic mass is 9.97. The van der Waals surface area contributed by atoms with E-state index in [1.165, 1.54) is 18.2 Å². The highest BCUT2D eigenvalue weighted by Gasteiger charge is 2.17. The topological polar surface area (TPSA) is 12.0 Å². The van der Waals surface area contributed by atoms with E-state index < -0.39 is 5.82 Å². The van der Waals surface area contributed by atoms with Crippen LogP contribution in [0.3, 0.4) is 0 Å². The van der Waals surface area contributed by atoms with Gasteiger partial charge in [0.1, 0.15) is 11.6 Å². The number of hydrogen-bond acceptors (Lipinski definition) is 1. The molecule has 1 nitrogen and oxygen atoms in total. The third-order valence-electron chi connectivity index (χ3n) is 3.03. The zero-order valence-corrected chi connectivity index (χ0v) is 11.4. The molecule has 0 aliphatic carbocycles. The van der Waals surface area contributed by atoms with Gasteiger partial charge in [0.05, 0.1) is 11.1 Å². The first-order valence-electron chi connectivity index (χ1n) is 5.91. The molecule has 2 aromatic rings. The predicted octanol–water partition coefficient (Wildman–Crippen LogP) is 4.24. The molecule has 0 fully saturated rings. The number of benzene rings is 2. The van der Waals surface area contributed by atoms with E-state index in [2.05, 4.69) is 5.32 Å². The Labute approximate surface area is 116 Å². The minimum Gasteiger partial charge on any atom is -0.309 e. The average molecular weight is 282 g/mol. The summed E-state index contributed by atoms with van der Waals surface area (Å²) in [6, 6.07) is 8.95. The van der Waals surface area contributed by atoms with E-state index in [4.69, 9.17) is 11.6 Å². The lowest BCUT2D eigenvalue weighted by Crippen LogP contribution is -2.19. The van der Waals surface area contributed by atoms with Crippen molar-refractivity contribution in [3.8, 4) is 0 Å². The molecule has 0 heterocycles. The monoisotopic (exact) mass is 281 g/mol. The second-order valence-corrected chi connectivity index (χ2v) is 4.83. The summed E-state index contributed by atoms with van der Waals surface area (Å²) < 4.78 is 27.1. The zero-order valence-electron chi connectivity index (χ0n) is 10.7. The normalized spacial score (nSPS) is 12.5. The van der Waals surface area contributed by atoms with E-state index in [1.54, 1.807) is 25.2 Å². The summed E-state index contributed by atoms with van der Waals surface area (Å²) in [5, 5.41) is 3.06. The van der Waals surface area contributed by atoms with Gasteiger partial charge >= 0.3 is 0 Å². The second-order valence-electron chi connectivity index (χ2n) is 4.42. The Kier molecular flexibility index (Phi) is 4.17. The van der Waals surface area contributed by atoms with Crippen molar-refractivity contribution in [2.75, 3.05) is 7.05 Å². The molecule has 100 valence electrons. The number of aryl methyl sites for hydroxylation is 1. The molecule has 0 saturated heterocycles. The first-order valence-corrected chi connectivity index (χ1v) is 6.29. The van der Waals surface area contributed by atoms with Gasteiger partial charge in [0.15, 0.2) is 0 Å². The van der Waals surface area contributed by atoms with Gasteiger partial charge < -0.3 is 5.32 Å². The molecule has 0 amide bonds. The van der Waals surface area contributed by atoms with Gasteiger partial charge in [0, 0.05) is 5.56 Å². The van der Waals surface area contributed by atoms with Crippen molar-refractivity contribution in [3.63, 3.8) is 0 Å². The van der Waals surface area contributed by atoms with Gasteiger partial charge in [0.25, 0.3) is 0 Å². The molecule has 1 unspecified atom stereocenters. The summed E-state index contributed by atoms with van der Waals surface area (Å²) in [5.41, 5.74) is 2.20. The lowest BCUT2D eigenvalue weighted by molar-refractivity contribution is 0.574. The summed E-state index contributed by atoms with van der Waals surface area (Å²) >= 11 is 5.78. The maximum atomic E-state index is 13.9. The molecule has 2 aromatic carbocycles. The van der Waals surface area contributed by atoms with Crippen LogP contribution in [0.2, 0.25) is 5.02 Å². The lowest BCUT2D eigenvalue weighted by Gasteiger charge is -2.19. The SMILES string of the molecule is CNC(c1ccc(F)c(Cl)c1)c1cc(C)ccc1F. The molecule has 0 aromatic heterocycles. The van der Waals surface area contributed by atoms with E-state index in [-0.39, 0.29) is 16.9 Å². The number of halogens is 3. The van der Waals surface area contributed by atoms with Gasteiger partial charge in [-0.3, -0.25) is 0 Å². The number of nitrogens with one attached hydrogen (secondary N) is 1. The molecular formula is C15H14ClF2N. The van der Waals surface area contributed by atoms with Crippen LogP contribution in [0.5, 0.6) is 0 Å². The van der Waals surface area contributed by atoms with Crippen LogP contribution in [0.25, 0.3) is 0 Å². The van der Waals surface area contributed by atoms with Crippen LogP contribution in [-0.2, 0) is 0 Å². The Bertz CT molecular complexity index is 599. The Morgan fingerprint density at radius 1 is 1.05 bits per heavy atom. The molecule has 2 rings (SSSR count). The van der Waals surface area contributed by atoms with E-state index in [1.807, 2.05) is 6.92 Å². The van der Waals surface area contributed by atoms with Crippen molar-refractivity contribution < 1.29 is 8.78 Å². The van der Waals surface area contributed by atoms with Gasteiger partial charge in [-0.2, -0.15) is 0 Å². The molecular weight excluding hydrogens is 268 g/mol. The Hall–Kier alpha value is -1.45. The summed E-state index contributed by atoms with van der Waals surface area (Å²) in [7, 11) is 1.73. The highest BCUT2D eigenvalue weighted by Crippen LogP contribution is 2.27. The molecule has 1 N–H and O–H groups in total. The van der Waals surface area contributed by atoms with Crippen LogP contribution >= 0.6 is 11.6 Å². The average Bonchev–Trinajstić information content (AvgIpc) is 2.38. The minimum absolute atomic E-state index is 0.0332. The van der Waals surface area contributed by atoms with Crippen LogP contribution in [0.4, 0.5) is 8.78 Å². The minimum atomic E-state index is -0.481. The van der Waals surface area contributed by atoms with Crippen molar-refractivity contribution >= 4 is 11.6 Å². The Balaban J connectivity index is 2.49. The van der Waals surface area contributed by atoms with Crippen molar-refractivity contribution in [3.05, 3.63) is 69.7 Å². The third-order valence-corrected chi connectivity index (χ3v) is 3.32. The van der Waals surface area contributed by atoms with E-state index in [0.717, 1.165) is 11.1 Å². The number of hydrogen-bond donors (Lipinski definition) is 1. The van der Waals surface area contributed by atoms with Crippen molar-refractivity contribution in [1.82, 2.24) is 5.32 Å². The predicted molar refractivity (Wildman–Crippen MR) is 73.4 cm³/mol. The maximum absolute atomic E-state index is 13.9. The van der Waals surface area contributed by atoms with Crippen molar-refractivity contribution in [2.24, 2.45) is 0 Å². The van der Waals surface area contributed by atoms with E-state index in [0.29, 0.717) is 5.56 Å². The third kappa shape index (κ3) is 2.94. The maximum Gasteiger partial charge on any atom is 0.141 e. The molecule has 0 spiro atoms. The van der Waals surface area contributed by atoms with Crippen LogP contribution in [0.15, 0.2) is 36.4 Å². The first kappa shape index (κ1) is 14.0. The van der Waals surface area contributed by atoms with Crippen molar-refractivity contribution in [2.45, 2.75) is 13.0 Å². The van der Waals surface area contributed by atoms with Crippen LogP contribution in [-0.4, -0.2) is 7.05 Å². The van der Waals surface area contributed by atoms with Crippen LogP contribution in [0.1, 0.15) is 22.7 Å².